The van der Waals surface area contributed by atoms with E-state index in [-0.39, 0.29) is 0 Å². The summed E-state index contributed by atoms with van der Waals surface area (Å²) in [6.45, 7) is 0. The summed E-state index contributed by atoms with van der Waals surface area (Å²) in [6, 6.07) is 139. The van der Waals surface area contributed by atoms with E-state index in [0.29, 0.717) is 34.9 Å². The third-order valence-electron chi connectivity index (χ3n) is 23.3. The molecule has 17 aromatic carbocycles. The van der Waals surface area contributed by atoms with E-state index in [0.717, 1.165) is 71.7 Å². The highest BCUT2D eigenvalue weighted by atomic mass is 32.1. The Morgan fingerprint density at radius 1 is 0.167 bits per heavy atom. The quantitative estimate of drug-likeness (QED) is 0.128. The van der Waals surface area contributed by atoms with Gasteiger partial charge in [-0.05, 0) is 137 Å². The monoisotopic (exact) mass is 1600 g/mol. The Kier molecular flexibility index (Phi) is 16.5. The van der Waals surface area contributed by atoms with Crippen LogP contribution in [0.1, 0.15) is 0 Å². The average Bonchev–Trinajstić information content (AvgIpc) is 1.57. The van der Waals surface area contributed by atoms with Crippen LogP contribution in [-0.2, 0) is 0 Å². The second-order valence-corrected chi connectivity index (χ2v) is 34.5. The fourth-order valence-electron chi connectivity index (χ4n) is 17.7. The van der Waals surface area contributed by atoms with E-state index in [1.165, 1.54) is 131 Å². The first kappa shape index (κ1) is 69.5. The molecule has 0 N–H and O–H groups in total. The molecular formula is C108H64N8S4. The standard InChI is InChI=1S/C57H34N4S2.C51H30N4S2/c1-4-14-37(15-5-1)55-58-56(38-16-6-2-7-17-38)60-57(59-55)47-34-40(33-45-43-21-11-13-23-51(43)62-53(45)47)36-26-24-35(25-27-36)39-28-30-48-46(32-39)52-49(61(48)41-18-8-3-9-19-41)31-29-44-42-20-10-12-22-50(42)63-54(44)52;1-3-13-32(14-4-1)49-52-50(33-15-5-2-6-16-33)54-51(53-49)41-30-34(29-40-37-18-9-12-22-45(37)56-47(40)41)31-23-25-35(26-24-31)55-42-20-10-7-19-39(42)46-43(55)28-27-38-36-17-8-11-21-44(36)57-48(38)46/h1-34H;1-30H. The highest BCUT2D eigenvalue weighted by molar-refractivity contribution is 7.28. The van der Waals surface area contributed by atoms with Crippen molar-refractivity contribution in [2.75, 3.05) is 0 Å². The van der Waals surface area contributed by atoms with E-state index in [1.807, 2.05) is 95.5 Å². The number of para-hydroxylation sites is 2. The van der Waals surface area contributed by atoms with E-state index in [1.54, 1.807) is 22.7 Å². The first-order chi connectivity index (χ1) is 59.5. The van der Waals surface area contributed by atoms with Crippen molar-refractivity contribution in [1.82, 2.24) is 39.0 Å². The van der Waals surface area contributed by atoms with Crippen molar-refractivity contribution in [3.05, 3.63) is 388 Å². The molecule has 12 heteroatoms. The topological polar surface area (TPSA) is 87.2 Å². The first-order valence-electron chi connectivity index (χ1n) is 40.1. The van der Waals surface area contributed by atoms with Gasteiger partial charge in [-0.15, -0.1) is 45.3 Å². The molecule has 8 aromatic heterocycles. The molecule has 8 heterocycles. The second kappa shape index (κ2) is 28.6. The molecule has 560 valence electrons. The van der Waals surface area contributed by atoms with E-state index in [9.17, 15) is 0 Å². The van der Waals surface area contributed by atoms with Gasteiger partial charge in [0.2, 0.25) is 0 Å². The maximum Gasteiger partial charge on any atom is 0.165 e. The Morgan fingerprint density at radius 3 is 0.883 bits per heavy atom. The van der Waals surface area contributed by atoms with Crippen LogP contribution in [0.4, 0.5) is 0 Å². The Bertz CT molecular complexity index is 8270. The van der Waals surface area contributed by atoms with Crippen molar-refractivity contribution in [3.63, 3.8) is 0 Å². The minimum atomic E-state index is 0.653. The number of hydrogen-bond donors (Lipinski definition) is 0. The van der Waals surface area contributed by atoms with Crippen molar-refractivity contribution in [1.29, 1.82) is 0 Å². The Morgan fingerprint density at radius 2 is 0.458 bits per heavy atom. The number of rotatable bonds is 11. The number of fused-ring (bicyclic) bond motifs is 20. The fourth-order valence-corrected chi connectivity index (χ4v) is 22.6. The van der Waals surface area contributed by atoms with Gasteiger partial charge in [0.25, 0.3) is 0 Å². The van der Waals surface area contributed by atoms with Gasteiger partial charge in [0, 0.05) is 147 Å². The molecule has 0 saturated heterocycles. The van der Waals surface area contributed by atoms with Gasteiger partial charge in [-0.3, -0.25) is 0 Å². The van der Waals surface area contributed by atoms with Crippen molar-refractivity contribution < 1.29 is 0 Å². The minimum absolute atomic E-state index is 0.653. The van der Waals surface area contributed by atoms with Crippen LogP contribution in [-0.4, -0.2) is 39.0 Å². The number of aromatic nitrogens is 8. The van der Waals surface area contributed by atoms with Crippen LogP contribution < -0.4 is 0 Å². The third-order valence-corrected chi connectivity index (χ3v) is 28.2. The highest BCUT2D eigenvalue weighted by Crippen LogP contribution is 2.50. The number of thiophene rings is 4. The lowest BCUT2D eigenvalue weighted by Gasteiger charge is -2.12. The summed E-state index contributed by atoms with van der Waals surface area (Å²) in [7, 11) is 0. The lowest BCUT2D eigenvalue weighted by molar-refractivity contribution is 1.08. The van der Waals surface area contributed by atoms with E-state index >= 15 is 0 Å². The lowest BCUT2D eigenvalue weighted by atomic mass is 9.96. The van der Waals surface area contributed by atoms with E-state index in [2.05, 4.69) is 325 Å². The third kappa shape index (κ3) is 11.7. The zero-order chi connectivity index (χ0) is 78.9. The first-order valence-corrected chi connectivity index (χ1v) is 43.4. The van der Waals surface area contributed by atoms with E-state index in [4.69, 9.17) is 29.9 Å². The molecule has 0 radical (unpaired) electrons. The molecule has 8 nitrogen and oxygen atoms in total. The summed E-state index contributed by atoms with van der Waals surface area (Å²) in [6.07, 6.45) is 0. The molecule has 0 bridgehead atoms. The molecule has 0 fully saturated rings. The normalized spacial score (nSPS) is 11.8. The molecule has 0 aliphatic heterocycles. The summed E-state index contributed by atoms with van der Waals surface area (Å²) in [4.78, 5) is 30.7. The van der Waals surface area contributed by atoms with Gasteiger partial charge < -0.3 is 9.13 Å². The number of benzene rings is 17. The van der Waals surface area contributed by atoms with Crippen LogP contribution in [0.15, 0.2) is 388 Å². The SMILES string of the molecule is c1ccc(-c2nc(-c3ccccc3)nc(-c3cc(-c4ccc(-c5ccc6c(c5)c5c7sc8ccccc8c7ccc5n6-c5ccccc5)cc4)cc4c3sc3ccccc34)n2)cc1.c1ccc(-c2nc(-c3ccccc3)nc(-c3cc(-c4ccc(-n5c6ccccc6c6c7sc8ccccc8c7ccc65)cc4)cc4c3sc3ccccc34)n2)cc1. The molecule has 25 aromatic rings. The summed E-state index contributed by atoms with van der Waals surface area (Å²) in [5.41, 5.74) is 19.8. The molecule has 120 heavy (non-hydrogen) atoms. The zero-order valence-electron chi connectivity index (χ0n) is 64.2. The van der Waals surface area contributed by atoms with Crippen molar-refractivity contribution >= 4 is 170 Å². The van der Waals surface area contributed by atoms with E-state index < -0.39 is 0 Å². The van der Waals surface area contributed by atoms with Gasteiger partial charge >= 0.3 is 0 Å². The largest absolute Gasteiger partial charge is 0.309 e. The number of hydrogen-bond acceptors (Lipinski definition) is 10. The number of nitrogens with zero attached hydrogens (tertiary/aromatic N) is 8. The van der Waals surface area contributed by atoms with Crippen LogP contribution in [0.25, 0.3) is 237 Å². The molecule has 0 unspecified atom stereocenters. The predicted octanol–water partition coefficient (Wildman–Crippen LogP) is 30.4. The molecule has 0 saturated carbocycles. The molecule has 0 aliphatic carbocycles. The molecule has 0 aliphatic rings. The van der Waals surface area contributed by atoms with Gasteiger partial charge in [-0.25, -0.2) is 29.9 Å². The van der Waals surface area contributed by atoms with Gasteiger partial charge in [0.1, 0.15) is 0 Å². The fraction of sp³-hybridized carbons (Fsp3) is 0. The Hall–Kier alpha value is -14.8. The lowest BCUT2D eigenvalue weighted by Crippen LogP contribution is -2.00. The summed E-state index contributed by atoms with van der Waals surface area (Å²) in [5, 5.41) is 15.3. The predicted molar refractivity (Wildman–Crippen MR) is 509 cm³/mol. The van der Waals surface area contributed by atoms with Crippen molar-refractivity contribution in [2.24, 2.45) is 0 Å². The van der Waals surface area contributed by atoms with Crippen LogP contribution in [0.3, 0.4) is 0 Å². The van der Waals surface area contributed by atoms with Gasteiger partial charge in [-0.1, -0.05) is 285 Å². The van der Waals surface area contributed by atoms with Crippen LogP contribution in [0.2, 0.25) is 0 Å². The maximum absolute atomic E-state index is 5.19. The average molecular weight is 1600 g/mol. The van der Waals surface area contributed by atoms with Gasteiger partial charge in [0.05, 0.1) is 22.1 Å². The van der Waals surface area contributed by atoms with Gasteiger partial charge in [-0.2, -0.15) is 0 Å². The van der Waals surface area contributed by atoms with Crippen LogP contribution >= 0.6 is 45.3 Å². The van der Waals surface area contributed by atoms with Crippen LogP contribution in [0, 0.1) is 0 Å². The summed E-state index contributed by atoms with van der Waals surface area (Å²) >= 11 is 7.36. The summed E-state index contributed by atoms with van der Waals surface area (Å²) in [5.74, 6) is 3.94. The Labute approximate surface area is 704 Å². The molecular weight excluding hydrogens is 1540 g/mol. The summed E-state index contributed by atoms with van der Waals surface area (Å²) < 4.78 is 14.9. The van der Waals surface area contributed by atoms with Crippen molar-refractivity contribution in [3.8, 4) is 113 Å². The highest BCUT2D eigenvalue weighted by Gasteiger charge is 2.25. The van der Waals surface area contributed by atoms with Crippen molar-refractivity contribution in [2.45, 2.75) is 0 Å². The second-order valence-electron chi connectivity index (χ2n) is 30.3. The molecule has 0 spiro atoms. The Balaban J connectivity index is 0.000000137. The minimum Gasteiger partial charge on any atom is -0.309 e. The zero-order valence-corrected chi connectivity index (χ0v) is 67.4. The molecule has 25 rings (SSSR count). The smallest absolute Gasteiger partial charge is 0.165 e. The molecule has 0 atom stereocenters. The van der Waals surface area contributed by atoms with Crippen LogP contribution in [0.5, 0.6) is 0 Å². The molecule has 0 amide bonds. The van der Waals surface area contributed by atoms with Gasteiger partial charge in [0.15, 0.2) is 34.9 Å². The maximum atomic E-state index is 5.19.